The number of carbonyl (C=O) groups is 1. The number of hydrogen-bond donors (Lipinski definition) is 1. The van der Waals surface area contributed by atoms with Crippen LogP contribution in [0.5, 0.6) is 0 Å². The summed E-state index contributed by atoms with van der Waals surface area (Å²) in [7, 11) is -3.71. The molecule has 1 heterocycles. The van der Waals surface area contributed by atoms with Gasteiger partial charge < -0.3 is 5.73 Å². The minimum Gasteiger partial charge on any atom is -0.368 e. The number of benzene rings is 1. The molecular formula is C15H22N2O3S. The summed E-state index contributed by atoms with van der Waals surface area (Å²) in [5, 5.41) is 0. The maximum absolute atomic E-state index is 13.0. The Morgan fingerprint density at radius 2 is 1.71 bits per heavy atom. The molecule has 2 rings (SSSR count). The number of sulfonamides is 1. The van der Waals surface area contributed by atoms with E-state index in [-0.39, 0.29) is 0 Å². The summed E-state index contributed by atoms with van der Waals surface area (Å²) < 4.78 is 27.3. The minimum atomic E-state index is -3.71. The molecule has 1 aromatic rings. The smallest absolute Gasteiger partial charge is 0.244 e. The van der Waals surface area contributed by atoms with E-state index in [2.05, 4.69) is 0 Å². The molecule has 5 nitrogen and oxygen atoms in total. The number of primary amides is 1. The van der Waals surface area contributed by atoms with Gasteiger partial charge in [-0.1, -0.05) is 6.07 Å². The summed E-state index contributed by atoms with van der Waals surface area (Å²) in [5.74, 6) is -0.573. The molecule has 1 aromatic carbocycles. The Morgan fingerprint density at radius 1 is 1.19 bits per heavy atom. The minimum absolute atomic E-state index is 0.327. The van der Waals surface area contributed by atoms with Crippen molar-refractivity contribution in [3.05, 3.63) is 28.3 Å². The number of aryl methyl sites for hydroxylation is 2. The zero-order valence-electron chi connectivity index (χ0n) is 12.9. The fraction of sp³-hybridized carbons (Fsp3) is 0.533. The highest BCUT2D eigenvalue weighted by Crippen LogP contribution is 2.32. The van der Waals surface area contributed by atoms with Crippen LogP contribution in [0.15, 0.2) is 11.0 Å². The van der Waals surface area contributed by atoms with Crippen molar-refractivity contribution in [1.82, 2.24) is 4.31 Å². The van der Waals surface area contributed by atoms with Gasteiger partial charge >= 0.3 is 0 Å². The Balaban J connectivity index is 2.63. The van der Waals surface area contributed by atoms with Crippen molar-refractivity contribution < 1.29 is 13.2 Å². The molecule has 1 fully saturated rings. The van der Waals surface area contributed by atoms with Crippen LogP contribution in [-0.2, 0) is 14.8 Å². The number of amides is 1. The fourth-order valence-electron chi connectivity index (χ4n) is 3.00. The van der Waals surface area contributed by atoms with Crippen LogP contribution in [0.2, 0.25) is 0 Å². The van der Waals surface area contributed by atoms with Crippen molar-refractivity contribution in [2.24, 2.45) is 5.73 Å². The third-order valence-electron chi connectivity index (χ3n) is 4.40. The average Bonchev–Trinajstić information content (AvgIpc) is 2.86. The highest BCUT2D eigenvalue weighted by atomic mass is 32.2. The fourth-order valence-corrected chi connectivity index (χ4v) is 5.24. The van der Waals surface area contributed by atoms with Gasteiger partial charge in [-0.3, -0.25) is 4.79 Å². The van der Waals surface area contributed by atoms with Gasteiger partial charge in [0.25, 0.3) is 0 Å². The average molecular weight is 310 g/mol. The summed E-state index contributed by atoms with van der Waals surface area (Å²) in [4.78, 5) is 11.8. The summed E-state index contributed by atoms with van der Waals surface area (Å²) in [6.07, 6.45) is 1.16. The summed E-state index contributed by atoms with van der Waals surface area (Å²) in [6, 6.07) is 1.26. The van der Waals surface area contributed by atoms with Crippen molar-refractivity contribution in [3.63, 3.8) is 0 Å². The molecule has 1 aliphatic rings. The number of hydrogen-bond acceptors (Lipinski definition) is 3. The van der Waals surface area contributed by atoms with Gasteiger partial charge in [0.2, 0.25) is 15.9 Å². The van der Waals surface area contributed by atoms with Gasteiger partial charge in [-0.15, -0.1) is 0 Å². The zero-order chi connectivity index (χ0) is 15.9. The molecule has 0 saturated carbocycles. The lowest BCUT2D eigenvalue weighted by Crippen LogP contribution is -2.44. The normalized spacial score (nSPS) is 19.9. The Bertz CT molecular complexity index is 669. The molecule has 0 aliphatic carbocycles. The molecule has 21 heavy (non-hydrogen) atoms. The summed E-state index contributed by atoms with van der Waals surface area (Å²) in [5.41, 5.74) is 8.71. The third-order valence-corrected chi connectivity index (χ3v) is 6.58. The second-order valence-corrected chi connectivity index (χ2v) is 7.59. The van der Waals surface area contributed by atoms with E-state index in [9.17, 15) is 13.2 Å². The van der Waals surface area contributed by atoms with Crippen LogP contribution in [0.1, 0.15) is 35.1 Å². The van der Waals surface area contributed by atoms with Gasteiger partial charge in [0.15, 0.2) is 0 Å². The first kappa shape index (κ1) is 16.0. The Labute approximate surface area is 126 Å². The second-order valence-electron chi connectivity index (χ2n) is 5.77. The van der Waals surface area contributed by atoms with Crippen LogP contribution in [0, 0.1) is 27.7 Å². The van der Waals surface area contributed by atoms with Gasteiger partial charge in [0, 0.05) is 6.54 Å². The van der Waals surface area contributed by atoms with E-state index in [1.807, 2.05) is 33.8 Å². The maximum atomic E-state index is 13.0. The Kier molecular flexibility index (Phi) is 4.13. The molecule has 1 amide bonds. The SMILES string of the molecule is Cc1cc(C)c(C)c(S(=O)(=O)N2CCC[C@@H]2C(N)=O)c1C. The topological polar surface area (TPSA) is 80.5 Å². The predicted octanol–water partition coefficient (Wildman–Crippen LogP) is 1.56. The van der Waals surface area contributed by atoms with E-state index in [1.165, 1.54) is 4.31 Å². The van der Waals surface area contributed by atoms with Gasteiger partial charge in [0.1, 0.15) is 6.04 Å². The lowest BCUT2D eigenvalue weighted by atomic mass is 10.0. The van der Waals surface area contributed by atoms with Crippen molar-refractivity contribution in [1.29, 1.82) is 0 Å². The van der Waals surface area contributed by atoms with Crippen LogP contribution in [-0.4, -0.2) is 31.2 Å². The number of nitrogens with two attached hydrogens (primary N) is 1. The second kappa shape index (κ2) is 5.42. The van der Waals surface area contributed by atoms with Crippen LogP contribution in [0.4, 0.5) is 0 Å². The molecule has 116 valence electrons. The molecule has 2 N–H and O–H groups in total. The predicted molar refractivity (Wildman–Crippen MR) is 81.5 cm³/mol. The van der Waals surface area contributed by atoms with Crippen LogP contribution < -0.4 is 5.73 Å². The molecule has 0 spiro atoms. The first-order valence-corrected chi connectivity index (χ1v) is 8.50. The van der Waals surface area contributed by atoms with E-state index in [1.54, 1.807) is 0 Å². The highest BCUT2D eigenvalue weighted by Gasteiger charge is 2.39. The van der Waals surface area contributed by atoms with Crippen molar-refractivity contribution in [2.75, 3.05) is 6.54 Å². The first-order chi connectivity index (χ1) is 9.67. The highest BCUT2D eigenvalue weighted by molar-refractivity contribution is 7.89. The molecule has 1 atom stereocenters. The Hall–Kier alpha value is -1.40. The summed E-state index contributed by atoms with van der Waals surface area (Å²) >= 11 is 0. The van der Waals surface area contributed by atoms with Gasteiger partial charge in [-0.05, 0) is 62.8 Å². The van der Waals surface area contributed by atoms with Gasteiger partial charge in [-0.25, -0.2) is 8.42 Å². The monoisotopic (exact) mass is 310 g/mol. The molecule has 0 aromatic heterocycles. The van der Waals surface area contributed by atoms with E-state index < -0.39 is 22.0 Å². The Morgan fingerprint density at radius 3 is 2.19 bits per heavy atom. The molecule has 0 unspecified atom stereocenters. The van der Waals surface area contributed by atoms with E-state index in [0.717, 1.165) is 22.3 Å². The lowest BCUT2D eigenvalue weighted by molar-refractivity contribution is -0.121. The standard InChI is InChI=1S/C15H22N2O3S/c1-9-8-10(2)12(4)14(11(9)3)21(19,20)17-7-5-6-13(17)15(16)18/h8,13H,5-7H2,1-4H3,(H2,16,18)/t13-/m1/s1. The maximum Gasteiger partial charge on any atom is 0.244 e. The number of rotatable bonds is 3. The van der Waals surface area contributed by atoms with Crippen molar-refractivity contribution in [2.45, 2.75) is 51.5 Å². The van der Waals surface area contributed by atoms with Crippen LogP contribution in [0.25, 0.3) is 0 Å². The molecule has 6 heteroatoms. The van der Waals surface area contributed by atoms with Crippen LogP contribution in [0.3, 0.4) is 0 Å². The molecule has 0 radical (unpaired) electrons. The molecule has 1 aliphatic heterocycles. The number of carbonyl (C=O) groups excluding carboxylic acids is 1. The zero-order valence-corrected chi connectivity index (χ0v) is 13.8. The summed E-state index contributed by atoms with van der Waals surface area (Å²) in [6.45, 7) is 7.77. The molecule has 0 bridgehead atoms. The molecular weight excluding hydrogens is 288 g/mol. The van der Waals surface area contributed by atoms with E-state index in [0.29, 0.717) is 24.3 Å². The largest absolute Gasteiger partial charge is 0.368 e. The van der Waals surface area contributed by atoms with Crippen molar-refractivity contribution in [3.8, 4) is 0 Å². The van der Waals surface area contributed by atoms with Gasteiger partial charge in [-0.2, -0.15) is 4.31 Å². The van der Waals surface area contributed by atoms with Crippen molar-refractivity contribution >= 4 is 15.9 Å². The quantitative estimate of drug-likeness (QED) is 0.920. The lowest BCUT2D eigenvalue weighted by Gasteiger charge is -2.25. The number of nitrogens with zero attached hydrogens (tertiary/aromatic N) is 1. The van der Waals surface area contributed by atoms with Gasteiger partial charge in [0.05, 0.1) is 4.90 Å². The van der Waals surface area contributed by atoms with E-state index >= 15 is 0 Å². The van der Waals surface area contributed by atoms with Crippen LogP contribution >= 0.6 is 0 Å². The van der Waals surface area contributed by atoms with E-state index in [4.69, 9.17) is 5.73 Å². The molecule has 1 saturated heterocycles. The third kappa shape index (κ3) is 2.58. The first-order valence-electron chi connectivity index (χ1n) is 7.06.